The molecule has 5 aromatic rings. The second-order valence-corrected chi connectivity index (χ2v) is 11.9. The Balaban J connectivity index is 1.16. The van der Waals surface area contributed by atoms with E-state index in [2.05, 4.69) is 15.2 Å². The van der Waals surface area contributed by atoms with Crippen molar-refractivity contribution in [2.24, 2.45) is 4.99 Å². The third kappa shape index (κ3) is 4.59. The van der Waals surface area contributed by atoms with Gasteiger partial charge in [0.1, 0.15) is 29.2 Å². The van der Waals surface area contributed by atoms with Gasteiger partial charge in [0.25, 0.3) is 0 Å². The molecule has 7 rings (SSSR count). The molecule has 2 atom stereocenters. The zero-order valence-electron chi connectivity index (χ0n) is 23.2. The Labute approximate surface area is 251 Å². The Hall–Kier alpha value is -4.34. The van der Waals surface area contributed by atoms with Crippen LogP contribution in [0.25, 0.3) is 5.00 Å². The van der Waals surface area contributed by atoms with Crippen molar-refractivity contribution in [3.05, 3.63) is 116 Å². The Morgan fingerprint density at radius 3 is 2.76 bits per heavy atom. The van der Waals surface area contributed by atoms with Crippen molar-refractivity contribution in [2.75, 3.05) is 0 Å². The minimum atomic E-state index is -0.483. The van der Waals surface area contributed by atoms with Crippen LogP contribution in [-0.2, 0) is 22.5 Å². The Morgan fingerprint density at radius 2 is 1.90 bits per heavy atom. The molecule has 0 saturated heterocycles. The fourth-order valence-corrected chi connectivity index (χ4v) is 6.80. The molecule has 2 aliphatic heterocycles. The highest BCUT2D eigenvalue weighted by Crippen LogP contribution is 2.39. The lowest BCUT2D eigenvalue weighted by molar-refractivity contribution is -0.149. The first-order valence-electron chi connectivity index (χ1n) is 13.7. The highest BCUT2D eigenvalue weighted by atomic mass is 35.5. The number of halogens is 1. The number of ether oxygens (including phenoxy) is 2. The van der Waals surface area contributed by atoms with Gasteiger partial charge in [0.2, 0.25) is 5.88 Å². The van der Waals surface area contributed by atoms with Crippen molar-refractivity contribution in [3.8, 4) is 16.6 Å². The number of fused-ring (bicyclic) bond motifs is 5. The lowest BCUT2D eigenvalue weighted by atomic mass is 9.95. The summed E-state index contributed by atoms with van der Waals surface area (Å²) in [6.07, 6.45) is 1.94. The molecule has 0 spiro atoms. The molecule has 2 aromatic carbocycles. The molecule has 3 aromatic heterocycles. The van der Waals surface area contributed by atoms with Gasteiger partial charge in [-0.05, 0) is 56.2 Å². The number of benzene rings is 2. The smallest absolute Gasteiger partial charge is 0.313 e. The van der Waals surface area contributed by atoms with Crippen molar-refractivity contribution in [3.63, 3.8) is 0 Å². The van der Waals surface area contributed by atoms with Crippen molar-refractivity contribution < 1.29 is 14.3 Å². The Morgan fingerprint density at radius 1 is 1.05 bits per heavy atom. The van der Waals surface area contributed by atoms with Gasteiger partial charge in [-0.1, -0.05) is 48.0 Å². The average molecular weight is 596 g/mol. The summed E-state index contributed by atoms with van der Waals surface area (Å²) >= 11 is 8.15. The van der Waals surface area contributed by atoms with Crippen LogP contribution in [0.3, 0.4) is 0 Å². The van der Waals surface area contributed by atoms with E-state index in [0.717, 1.165) is 60.8 Å². The van der Waals surface area contributed by atoms with Crippen molar-refractivity contribution in [1.82, 2.24) is 19.7 Å². The molecule has 10 heteroatoms. The fourth-order valence-electron chi connectivity index (χ4n) is 5.36. The van der Waals surface area contributed by atoms with Crippen LogP contribution in [0.4, 0.5) is 0 Å². The summed E-state index contributed by atoms with van der Waals surface area (Å²) in [5.74, 6) is 2.15. The molecule has 5 heterocycles. The minimum Gasteiger partial charge on any atom is -0.456 e. The molecule has 0 amide bonds. The molecule has 8 nitrogen and oxygen atoms in total. The van der Waals surface area contributed by atoms with E-state index in [-0.39, 0.29) is 5.97 Å². The largest absolute Gasteiger partial charge is 0.456 e. The van der Waals surface area contributed by atoms with Crippen molar-refractivity contribution in [1.29, 1.82) is 0 Å². The van der Waals surface area contributed by atoms with Crippen LogP contribution in [0.5, 0.6) is 11.6 Å². The van der Waals surface area contributed by atoms with Crippen LogP contribution in [0.2, 0.25) is 5.02 Å². The van der Waals surface area contributed by atoms with E-state index in [4.69, 9.17) is 26.1 Å². The summed E-state index contributed by atoms with van der Waals surface area (Å²) in [5, 5.41) is 10.2. The van der Waals surface area contributed by atoms with E-state index >= 15 is 0 Å². The predicted molar refractivity (Wildman–Crippen MR) is 161 cm³/mol. The number of thiophene rings is 1. The topological polar surface area (TPSA) is 91.5 Å². The molecule has 2 unspecified atom stereocenters. The average Bonchev–Trinajstić information content (AvgIpc) is 3.55. The number of esters is 1. The molecule has 0 N–H and O–H groups in total. The quantitative estimate of drug-likeness (QED) is 0.197. The third-order valence-corrected chi connectivity index (χ3v) is 9.27. The first kappa shape index (κ1) is 26.6. The monoisotopic (exact) mass is 595 g/mol. The maximum absolute atomic E-state index is 13.4. The molecule has 0 fully saturated rings. The van der Waals surface area contributed by atoms with E-state index < -0.39 is 12.0 Å². The van der Waals surface area contributed by atoms with Gasteiger partial charge in [-0.3, -0.25) is 14.4 Å². The number of pyridine rings is 1. The summed E-state index contributed by atoms with van der Waals surface area (Å²) < 4.78 is 14.0. The van der Waals surface area contributed by atoms with Gasteiger partial charge < -0.3 is 9.47 Å². The molecule has 0 bridgehead atoms. The van der Waals surface area contributed by atoms with Gasteiger partial charge in [0, 0.05) is 39.2 Å². The summed E-state index contributed by atoms with van der Waals surface area (Å²) in [4.78, 5) is 23.5. The zero-order chi connectivity index (χ0) is 29.0. The molecule has 0 saturated carbocycles. The number of carbonyl (C=O) groups excluding carboxylic acids is 1. The lowest BCUT2D eigenvalue weighted by Crippen LogP contribution is -2.16. The second-order valence-electron chi connectivity index (χ2n) is 10.4. The summed E-state index contributed by atoms with van der Waals surface area (Å²) in [6, 6.07) is 19.5. The first-order valence-corrected chi connectivity index (χ1v) is 14.9. The standard InChI is InChI=1S/C32H26ClN5O3S/c1-17(20-10-11-26-22(13-20)14-21-7-6-12-34-30(21)41-26)32(39)40-18(2)27-15-24-29(23-8-4-5-9-25(23)33)35-16-28-37-36-19(3)38(28)31(24)42-27/h4-13,15,17-18H,14,16H2,1-3H3. The van der Waals surface area contributed by atoms with Gasteiger partial charge >= 0.3 is 5.97 Å². The van der Waals surface area contributed by atoms with Crippen molar-refractivity contribution in [2.45, 2.75) is 45.8 Å². The maximum Gasteiger partial charge on any atom is 0.313 e. The molecule has 0 radical (unpaired) electrons. The number of aliphatic imine (C=N–C) groups is 1. The van der Waals surface area contributed by atoms with Gasteiger partial charge in [0.05, 0.1) is 11.6 Å². The molecular formula is C32H26ClN5O3S. The van der Waals surface area contributed by atoms with E-state index in [0.29, 0.717) is 23.9 Å². The molecule has 210 valence electrons. The molecular weight excluding hydrogens is 570 g/mol. The van der Waals surface area contributed by atoms with Crippen LogP contribution in [-0.4, -0.2) is 31.4 Å². The highest BCUT2D eigenvalue weighted by molar-refractivity contribution is 7.15. The highest BCUT2D eigenvalue weighted by Gasteiger charge is 2.29. The number of carbonyl (C=O) groups is 1. The Kier molecular flexibility index (Phi) is 6.63. The van der Waals surface area contributed by atoms with E-state index in [1.54, 1.807) is 17.5 Å². The Bertz CT molecular complexity index is 1890. The second kappa shape index (κ2) is 10.5. The van der Waals surface area contributed by atoms with Crippen LogP contribution in [0.15, 0.2) is 71.9 Å². The van der Waals surface area contributed by atoms with Gasteiger partial charge in [-0.25, -0.2) is 4.98 Å². The normalized spacial score (nSPS) is 14.7. The first-order chi connectivity index (χ1) is 20.4. The minimum absolute atomic E-state index is 0.300. The zero-order valence-corrected chi connectivity index (χ0v) is 24.7. The van der Waals surface area contributed by atoms with Crippen molar-refractivity contribution >= 4 is 34.6 Å². The van der Waals surface area contributed by atoms with Crippen LogP contribution < -0.4 is 4.74 Å². The van der Waals surface area contributed by atoms with E-state index in [1.807, 2.05) is 86.0 Å². The summed E-state index contributed by atoms with van der Waals surface area (Å²) in [7, 11) is 0. The number of rotatable bonds is 5. The lowest BCUT2D eigenvalue weighted by Gasteiger charge is -2.21. The number of hydrogen-bond acceptors (Lipinski definition) is 8. The SMILES string of the molecule is Cc1nnc2n1-c1sc(C(C)OC(=O)C(C)c3ccc4c(c3)Cc3cccnc3O4)cc1C(c1ccccc1Cl)=NC2. The third-order valence-electron chi connectivity index (χ3n) is 7.66. The van der Waals surface area contributed by atoms with E-state index in [9.17, 15) is 4.79 Å². The number of hydrogen-bond donors (Lipinski definition) is 0. The van der Waals surface area contributed by atoms with Crippen LogP contribution >= 0.6 is 22.9 Å². The number of aromatic nitrogens is 4. The molecule has 0 aliphatic carbocycles. The molecule has 42 heavy (non-hydrogen) atoms. The van der Waals surface area contributed by atoms with E-state index in [1.165, 1.54) is 0 Å². The summed E-state index contributed by atoms with van der Waals surface area (Å²) in [5.41, 5.74) is 5.45. The maximum atomic E-state index is 13.4. The molecule has 2 aliphatic rings. The summed E-state index contributed by atoms with van der Waals surface area (Å²) in [6.45, 7) is 6.07. The fraction of sp³-hybridized carbons (Fsp3) is 0.219. The van der Waals surface area contributed by atoms with Gasteiger partial charge in [-0.15, -0.1) is 21.5 Å². The van der Waals surface area contributed by atoms with Gasteiger partial charge in [0.15, 0.2) is 5.82 Å². The van der Waals surface area contributed by atoms with Crippen LogP contribution in [0, 0.1) is 6.92 Å². The number of aryl methyl sites for hydroxylation is 1. The number of nitrogens with zero attached hydrogens (tertiary/aromatic N) is 5. The van der Waals surface area contributed by atoms with Crippen LogP contribution in [0.1, 0.15) is 70.2 Å². The predicted octanol–water partition coefficient (Wildman–Crippen LogP) is 7.14. The van der Waals surface area contributed by atoms with Gasteiger partial charge in [-0.2, -0.15) is 0 Å².